The van der Waals surface area contributed by atoms with Crippen LogP contribution in [0.25, 0.3) is 0 Å². The number of carboxylic acid groups (broad SMARTS) is 1. The van der Waals surface area contributed by atoms with E-state index in [1.165, 1.54) is 6.42 Å². The summed E-state index contributed by atoms with van der Waals surface area (Å²) in [6.45, 7) is 4.67. The number of likely N-dealkylation sites (tertiary alicyclic amines) is 1. The van der Waals surface area contributed by atoms with Crippen molar-refractivity contribution in [2.45, 2.75) is 58.0 Å². The van der Waals surface area contributed by atoms with E-state index in [0.717, 1.165) is 12.8 Å². The van der Waals surface area contributed by atoms with E-state index in [1.54, 1.807) is 11.9 Å². The summed E-state index contributed by atoms with van der Waals surface area (Å²) in [4.78, 5) is 26.3. The molecule has 1 N–H and O–H groups in total. The monoisotopic (exact) mass is 256 g/mol. The van der Waals surface area contributed by atoms with Gasteiger partial charge in [0.1, 0.15) is 0 Å². The molecule has 5 heteroatoms. The molecule has 104 valence electrons. The summed E-state index contributed by atoms with van der Waals surface area (Å²) in [5.74, 6) is -0.810. The van der Waals surface area contributed by atoms with Crippen LogP contribution >= 0.6 is 0 Å². The maximum atomic E-state index is 12.3. The average molecular weight is 256 g/mol. The Morgan fingerprint density at radius 3 is 2.33 bits per heavy atom. The Kier molecular flexibility index (Phi) is 5.44. The molecule has 1 fully saturated rings. The molecule has 0 aromatic rings. The maximum Gasteiger partial charge on any atom is 0.320 e. The number of urea groups is 1. The molecule has 1 saturated heterocycles. The number of carboxylic acids is 1. The van der Waals surface area contributed by atoms with Gasteiger partial charge in [-0.3, -0.25) is 4.79 Å². The van der Waals surface area contributed by atoms with Crippen molar-refractivity contribution in [2.75, 3.05) is 13.6 Å². The van der Waals surface area contributed by atoms with Crippen LogP contribution < -0.4 is 0 Å². The highest BCUT2D eigenvalue weighted by molar-refractivity contribution is 5.75. The zero-order valence-electron chi connectivity index (χ0n) is 11.6. The van der Waals surface area contributed by atoms with Gasteiger partial charge >= 0.3 is 12.0 Å². The lowest BCUT2D eigenvalue weighted by Crippen LogP contribution is -2.52. The van der Waals surface area contributed by atoms with E-state index in [9.17, 15) is 9.59 Å². The lowest BCUT2D eigenvalue weighted by Gasteiger charge is -2.41. The lowest BCUT2D eigenvalue weighted by molar-refractivity contribution is -0.137. The molecule has 0 aliphatic carbocycles. The summed E-state index contributed by atoms with van der Waals surface area (Å²) in [5.41, 5.74) is 0. The Bertz CT molecular complexity index is 297. The molecule has 1 aliphatic heterocycles. The molecular weight excluding hydrogens is 232 g/mol. The first-order valence-corrected chi connectivity index (χ1v) is 6.68. The molecule has 2 amide bonds. The van der Waals surface area contributed by atoms with E-state index in [1.807, 2.05) is 4.90 Å². The van der Waals surface area contributed by atoms with Crippen LogP contribution in [0.4, 0.5) is 4.79 Å². The summed E-state index contributed by atoms with van der Waals surface area (Å²) in [6.07, 6.45) is 3.91. The van der Waals surface area contributed by atoms with E-state index >= 15 is 0 Å². The second-order valence-corrected chi connectivity index (χ2v) is 5.24. The summed E-state index contributed by atoms with van der Waals surface area (Å²) >= 11 is 0. The summed E-state index contributed by atoms with van der Waals surface area (Å²) in [5, 5.41) is 8.58. The van der Waals surface area contributed by atoms with Crippen molar-refractivity contribution in [3.63, 3.8) is 0 Å². The number of carbonyl (C=O) groups is 2. The van der Waals surface area contributed by atoms with Gasteiger partial charge in [0.2, 0.25) is 0 Å². The van der Waals surface area contributed by atoms with Crippen molar-refractivity contribution in [3.05, 3.63) is 0 Å². The fourth-order valence-corrected chi connectivity index (χ4v) is 2.56. The van der Waals surface area contributed by atoms with Gasteiger partial charge in [0, 0.05) is 32.1 Å². The average Bonchev–Trinajstić information content (AvgIpc) is 2.27. The number of aliphatic carboxylic acids is 1. The minimum absolute atomic E-state index is 0.0279. The molecule has 2 atom stereocenters. The molecule has 5 nitrogen and oxygen atoms in total. The fourth-order valence-electron chi connectivity index (χ4n) is 2.56. The zero-order valence-corrected chi connectivity index (χ0v) is 11.6. The standard InChI is InChI=1S/C13H24N2O3/c1-10-6-4-7-11(2)15(10)13(18)14(3)9-5-8-12(16)17/h10-11H,4-9H2,1-3H3,(H,16,17)/t10-,11+. The Labute approximate surface area is 109 Å². The Hall–Kier alpha value is -1.26. The van der Waals surface area contributed by atoms with Crippen LogP contribution in [-0.4, -0.2) is 52.6 Å². The van der Waals surface area contributed by atoms with Crippen molar-refractivity contribution in [3.8, 4) is 0 Å². The quantitative estimate of drug-likeness (QED) is 0.838. The minimum Gasteiger partial charge on any atom is -0.481 e. The number of amides is 2. The molecule has 1 rings (SSSR count). The number of hydrogen-bond donors (Lipinski definition) is 1. The van der Waals surface area contributed by atoms with E-state index in [4.69, 9.17) is 5.11 Å². The van der Waals surface area contributed by atoms with E-state index < -0.39 is 5.97 Å². The molecular formula is C13H24N2O3. The third kappa shape index (κ3) is 3.89. The van der Waals surface area contributed by atoms with Crippen molar-refractivity contribution in [1.82, 2.24) is 9.80 Å². The highest BCUT2D eigenvalue weighted by Gasteiger charge is 2.30. The van der Waals surface area contributed by atoms with Crippen molar-refractivity contribution in [2.24, 2.45) is 0 Å². The Morgan fingerprint density at radius 1 is 1.28 bits per heavy atom. The molecule has 0 spiro atoms. The highest BCUT2D eigenvalue weighted by Crippen LogP contribution is 2.23. The van der Waals surface area contributed by atoms with E-state index in [-0.39, 0.29) is 24.5 Å². The normalized spacial score (nSPS) is 23.8. The SMILES string of the molecule is C[C@@H]1CCC[C@H](C)N1C(=O)N(C)CCCC(=O)O. The fraction of sp³-hybridized carbons (Fsp3) is 0.846. The van der Waals surface area contributed by atoms with Crippen molar-refractivity contribution in [1.29, 1.82) is 0 Å². The predicted molar refractivity (Wildman–Crippen MR) is 69.5 cm³/mol. The second kappa shape index (κ2) is 6.61. The topological polar surface area (TPSA) is 60.9 Å². The first-order chi connectivity index (χ1) is 8.43. The third-order valence-corrected chi connectivity index (χ3v) is 3.63. The molecule has 0 aromatic heterocycles. The van der Waals surface area contributed by atoms with Gasteiger partial charge < -0.3 is 14.9 Å². The van der Waals surface area contributed by atoms with Crippen LogP contribution in [0.3, 0.4) is 0 Å². The Balaban J connectivity index is 2.48. The first kappa shape index (κ1) is 14.8. The van der Waals surface area contributed by atoms with Gasteiger partial charge in [0.05, 0.1) is 0 Å². The van der Waals surface area contributed by atoms with Gasteiger partial charge in [-0.15, -0.1) is 0 Å². The smallest absolute Gasteiger partial charge is 0.320 e. The summed E-state index contributed by atoms with van der Waals surface area (Å²) < 4.78 is 0. The number of rotatable bonds is 4. The number of carbonyl (C=O) groups excluding carboxylic acids is 1. The maximum absolute atomic E-state index is 12.3. The molecule has 0 saturated carbocycles. The molecule has 1 aliphatic rings. The van der Waals surface area contributed by atoms with Crippen LogP contribution in [0.5, 0.6) is 0 Å². The van der Waals surface area contributed by atoms with Crippen LogP contribution in [-0.2, 0) is 4.79 Å². The van der Waals surface area contributed by atoms with Gasteiger partial charge in [0.15, 0.2) is 0 Å². The van der Waals surface area contributed by atoms with Gasteiger partial charge in [-0.2, -0.15) is 0 Å². The van der Waals surface area contributed by atoms with Crippen LogP contribution in [0.15, 0.2) is 0 Å². The van der Waals surface area contributed by atoms with Gasteiger partial charge in [0.25, 0.3) is 0 Å². The second-order valence-electron chi connectivity index (χ2n) is 5.24. The molecule has 1 heterocycles. The third-order valence-electron chi connectivity index (χ3n) is 3.63. The Morgan fingerprint density at radius 2 is 1.83 bits per heavy atom. The number of nitrogens with zero attached hydrogens (tertiary/aromatic N) is 2. The van der Waals surface area contributed by atoms with Gasteiger partial charge in [-0.05, 0) is 39.5 Å². The lowest BCUT2D eigenvalue weighted by atomic mass is 9.98. The van der Waals surface area contributed by atoms with Crippen LogP contribution in [0, 0.1) is 0 Å². The molecule has 0 radical (unpaired) electrons. The van der Waals surface area contributed by atoms with Crippen LogP contribution in [0.1, 0.15) is 46.0 Å². The summed E-state index contributed by atoms with van der Waals surface area (Å²) in [7, 11) is 1.75. The number of hydrogen-bond acceptors (Lipinski definition) is 2. The first-order valence-electron chi connectivity index (χ1n) is 6.68. The number of piperidine rings is 1. The molecule has 0 bridgehead atoms. The van der Waals surface area contributed by atoms with E-state index in [0.29, 0.717) is 13.0 Å². The van der Waals surface area contributed by atoms with Gasteiger partial charge in [-0.1, -0.05) is 0 Å². The minimum atomic E-state index is -0.810. The van der Waals surface area contributed by atoms with Crippen molar-refractivity contribution < 1.29 is 14.7 Å². The van der Waals surface area contributed by atoms with Crippen molar-refractivity contribution >= 4 is 12.0 Å². The van der Waals surface area contributed by atoms with E-state index in [2.05, 4.69) is 13.8 Å². The molecule has 0 aromatic carbocycles. The summed E-state index contributed by atoms with van der Waals surface area (Å²) in [6, 6.07) is 0.589. The largest absolute Gasteiger partial charge is 0.481 e. The zero-order chi connectivity index (χ0) is 13.7. The molecule has 18 heavy (non-hydrogen) atoms. The molecule has 0 unspecified atom stereocenters. The predicted octanol–water partition coefficient (Wildman–Crippen LogP) is 2.17. The highest BCUT2D eigenvalue weighted by atomic mass is 16.4. The van der Waals surface area contributed by atoms with Crippen LogP contribution in [0.2, 0.25) is 0 Å². The van der Waals surface area contributed by atoms with Gasteiger partial charge in [-0.25, -0.2) is 4.79 Å².